The average Bonchev–Trinajstić information content (AvgIpc) is 3.49. The summed E-state index contributed by atoms with van der Waals surface area (Å²) in [7, 11) is 0. The number of nitrogens with zero attached hydrogens (tertiary/aromatic N) is 4. The van der Waals surface area contributed by atoms with Gasteiger partial charge in [0.05, 0.1) is 23.5 Å². The standard InChI is InChI=1S/C28H30Cl2FN5O2/c29-22-7-8-23(31)25(30)21(22)11-16-38-27-26(32)33-17-24(34-27)18-3-5-19(6-4-18)28(37)36-14-9-20(10-15-36)35-12-1-2-13-35/h3-8,17,20H,1-2,9-16H2,(H2,32,33). The van der Waals surface area contributed by atoms with Crippen molar-refractivity contribution < 1.29 is 13.9 Å². The molecular weight excluding hydrogens is 528 g/mol. The minimum absolute atomic E-state index is 0.0282. The number of ether oxygens (including phenoxy) is 1. The molecule has 2 aliphatic rings. The van der Waals surface area contributed by atoms with Gasteiger partial charge in [-0.25, -0.2) is 14.4 Å². The first-order valence-electron chi connectivity index (χ1n) is 12.9. The zero-order valence-corrected chi connectivity index (χ0v) is 22.5. The van der Waals surface area contributed by atoms with Crippen molar-refractivity contribution >= 4 is 34.9 Å². The second-order valence-electron chi connectivity index (χ2n) is 9.71. The summed E-state index contributed by atoms with van der Waals surface area (Å²) in [4.78, 5) is 26.3. The van der Waals surface area contributed by atoms with Crippen molar-refractivity contribution in [3.05, 3.63) is 69.6 Å². The van der Waals surface area contributed by atoms with E-state index in [1.165, 1.54) is 38.1 Å². The smallest absolute Gasteiger partial charge is 0.257 e. The molecule has 2 saturated heterocycles. The zero-order chi connectivity index (χ0) is 26.6. The van der Waals surface area contributed by atoms with Gasteiger partial charge in [-0.05, 0) is 68.6 Å². The highest BCUT2D eigenvalue weighted by molar-refractivity contribution is 6.36. The van der Waals surface area contributed by atoms with Gasteiger partial charge in [0.25, 0.3) is 11.8 Å². The fraction of sp³-hybridized carbons (Fsp3) is 0.393. The summed E-state index contributed by atoms with van der Waals surface area (Å²) in [5, 5.41) is 0.331. The van der Waals surface area contributed by atoms with Gasteiger partial charge in [0.2, 0.25) is 0 Å². The van der Waals surface area contributed by atoms with Gasteiger partial charge in [0.1, 0.15) is 5.82 Å². The average molecular weight is 558 g/mol. The SMILES string of the molecule is Nc1ncc(-c2ccc(C(=O)N3CCC(N4CCCC4)CC3)cc2)nc1OCCc1c(Cl)ccc(F)c1Cl. The van der Waals surface area contributed by atoms with Gasteiger partial charge in [-0.2, -0.15) is 0 Å². The number of halogens is 3. The second kappa shape index (κ2) is 11.8. The Labute approximate surface area is 231 Å². The number of hydrogen-bond acceptors (Lipinski definition) is 6. The van der Waals surface area contributed by atoms with E-state index < -0.39 is 5.82 Å². The Bertz CT molecular complexity index is 1290. The lowest BCUT2D eigenvalue weighted by atomic mass is 10.0. The van der Waals surface area contributed by atoms with Crippen LogP contribution in [0.4, 0.5) is 10.2 Å². The van der Waals surface area contributed by atoms with Crippen LogP contribution in [0.1, 0.15) is 41.6 Å². The lowest BCUT2D eigenvalue weighted by Crippen LogP contribution is -2.45. The van der Waals surface area contributed by atoms with Gasteiger partial charge in [-0.1, -0.05) is 35.3 Å². The molecule has 7 nitrogen and oxygen atoms in total. The maximum absolute atomic E-state index is 13.8. The third-order valence-corrected chi connectivity index (χ3v) is 8.10. The van der Waals surface area contributed by atoms with Gasteiger partial charge in [-0.15, -0.1) is 0 Å². The third kappa shape index (κ3) is 5.87. The number of anilines is 1. The van der Waals surface area contributed by atoms with E-state index in [-0.39, 0.29) is 35.7 Å². The highest BCUT2D eigenvalue weighted by atomic mass is 35.5. The molecule has 10 heteroatoms. The van der Waals surface area contributed by atoms with Crippen LogP contribution in [0.3, 0.4) is 0 Å². The van der Waals surface area contributed by atoms with Gasteiger partial charge < -0.3 is 20.3 Å². The Balaban J connectivity index is 1.20. The summed E-state index contributed by atoms with van der Waals surface area (Å²) in [6.07, 6.45) is 6.47. The Morgan fingerprint density at radius 3 is 2.47 bits per heavy atom. The molecule has 0 spiro atoms. The van der Waals surface area contributed by atoms with Crippen LogP contribution in [-0.4, -0.2) is 64.5 Å². The van der Waals surface area contributed by atoms with E-state index in [4.69, 9.17) is 33.7 Å². The minimum Gasteiger partial charge on any atom is -0.475 e. The third-order valence-electron chi connectivity index (χ3n) is 7.33. The number of nitrogen functional groups attached to an aromatic ring is 1. The van der Waals surface area contributed by atoms with E-state index in [0.717, 1.165) is 31.5 Å². The molecule has 0 saturated carbocycles. The molecule has 0 bridgehead atoms. The van der Waals surface area contributed by atoms with Crippen LogP contribution in [0.2, 0.25) is 10.0 Å². The first-order valence-corrected chi connectivity index (χ1v) is 13.7. The highest BCUT2D eigenvalue weighted by Crippen LogP contribution is 2.29. The summed E-state index contributed by atoms with van der Waals surface area (Å²) >= 11 is 12.2. The zero-order valence-electron chi connectivity index (χ0n) is 21.0. The number of hydrogen-bond donors (Lipinski definition) is 1. The molecule has 5 rings (SSSR count). The number of benzene rings is 2. The summed E-state index contributed by atoms with van der Waals surface area (Å²) in [6.45, 7) is 4.09. The highest BCUT2D eigenvalue weighted by Gasteiger charge is 2.28. The van der Waals surface area contributed by atoms with Crippen molar-refractivity contribution in [2.75, 3.05) is 38.5 Å². The molecule has 3 heterocycles. The van der Waals surface area contributed by atoms with Crippen molar-refractivity contribution in [1.82, 2.24) is 19.8 Å². The van der Waals surface area contributed by atoms with Crippen LogP contribution in [0.5, 0.6) is 5.88 Å². The van der Waals surface area contributed by atoms with Gasteiger partial charge >= 0.3 is 0 Å². The van der Waals surface area contributed by atoms with Crippen LogP contribution < -0.4 is 10.5 Å². The van der Waals surface area contributed by atoms with Crippen molar-refractivity contribution in [2.45, 2.75) is 38.1 Å². The molecule has 1 aromatic heterocycles. The maximum Gasteiger partial charge on any atom is 0.257 e. The number of aromatic nitrogens is 2. The summed E-state index contributed by atoms with van der Waals surface area (Å²) in [5.41, 5.74) is 8.41. The summed E-state index contributed by atoms with van der Waals surface area (Å²) < 4.78 is 19.5. The molecule has 2 aliphatic heterocycles. The molecule has 38 heavy (non-hydrogen) atoms. The maximum atomic E-state index is 13.8. The second-order valence-corrected chi connectivity index (χ2v) is 10.5. The molecule has 3 aromatic rings. The Kier molecular flexibility index (Phi) is 8.31. The lowest BCUT2D eigenvalue weighted by molar-refractivity contribution is 0.0644. The largest absolute Gasteiger partial charge is 0.475 e. The van der Waals surface area contributed by atoms with Crippen molar-refractivity contribution in [2.24, 2.45) is 0 Å². The van der Waals surface area contributed by atoms with E-state index in [9.17, 15) is 9.18 Å². The van der Waals surface area contributed by atoms with Gasteiger partial charge in [-0.3, -0.25) is 4.79 Å². The molecule has 2 N–H and O–H groups in total. The summed E-state index contributed by atoms with van der Waals surface area (Å²) in [5.74, 6) is -0.194. The van der Waals surface area contributed by atoms with E-state index in [1.54, 1.807) is 6.20 Å². The first kappa shape index (κ1) is 26.7. The molecule has 0 unspecified atom stereocenters. The van der Waals surface area contributed by atoms with E-state index in [0.29, 0.717) is 27.9 Å². The fourth-order valence-corrected chi connectivity index (χ4v) is 5.74. The van der Waals surface area contributed by atoms with Crippen molar-refractivity contribution in [3.63, 3.8) is 0 Å². The lowest BCUT2D eigenvalue weighted by Gasteiger charge is -2.36. The predicted octanol–water partition coefficient (Wildman–Crippen LogP) is 5.49. The number of nitrogens with two attached hydrogens (primary N) is 1. The number of likely N-dealkylation sites (tertiary alicyclic amines) is 2. The molecule has 2 fully saturated rings. The number of carbonyl (C=O) groups is 1. The molecule has 0 atom stereocenters. The molecule has 1 amide bonds. The van der Waals surface area contributed by atoms with Crippen LogP contribution in [0.15, 0.2) is 42.6 Å². The minimum atomic E-state index is -0.541. The van der Waals surface area contributed by atoms with Crippen LogP contribution >= 0.6 is 23.2 Å². The molecule has 0 radical (unpaired) electrons. The molecular formula is C28H30Cl2FN5O2. The van der Waals surface area contributed by atoms with E-state index in [2.05, 4.69) is 14.9 Å². The number of amides is 1. The van der Waals surface area contributed by atoms with Crippen LogP contribution in [-0.2, 0) is 6.42 Å². The summed E-state index contributed by atoms with van der Waals surface area (Å²) in [6, 6.07) is 10.6. The normalized spacial score (nSPS) is 16.7. The quantitative estimate of drug-likeness (QED) is 0.386. The monoisotopic (exact) mass is 557 g/mol. The van der Waals surface area contributed by atoms with Crippen LogP contribution in [0.25, 0.3) is 11.3 Å². The van der Waals surface area contributed by atoms with E-state index in [1.807, 2.05) is 29.2 Å². The van der Waals surface area contributed by atoms with Crippen LogP contribution in [0, 0.1) is 5.82 Å². The first-order chi connectivity index (χ1) is 18.4. The van der Waals surface area contributed by atoms with Gasteiger partial charge in [0.15, 0.2) is 5.82 Å². The predicted molar refractivity (Wildman–Crippen MR) is 147 cm³/mol. The number of piperidine rings is 1. The van der Waals surface area contributed by atoms with Crippen molar-refractivity contribution in [3.8, 4) is 17.1 Å². The molecule has 0 aliphatic carbocycles. The molecule has 2 aromatic carbocycles. The van der Waals surface area contributed by atoms with E-state index >= 15 is 0 Å². The molecule has 200 valence electrons. The number of rotatable bonds is 7. The topological polar surface area (TPSA) is 84.6 Å². The van der Waals surface area contributed by atoms with Crippen molar-refractivity contribution in [1.29, 1.82) is 0 Å². The Morgan fingerprint density at radius 2 is 1.76 bits per heavy atom. The van der Waals surface area contributed by atoms with Gasteiger partial charge in [0, 0.05) is 41.7 Å². The Morgan fingerprint density at radius 1 is 1.05 bits per heavy atom. The number of carbonyl (C=O) groups excluding carboxylic acids is 1. The fourth-order valence-electron chi connectivity index (χ4n) is 5.18. The Hall–Kier alpha value is -2.94.